The molecule has 6 rings (SSSR count). The van der Waals surface area contributed by atoms with E-state index in [1.807, 2.05) is 0 Å². The number of nitrogen functional groups attached to an aromatic ring is 2. The standard InChI is InChI=1S/C42H60N2O4/c1-6-42-23-20-32(47-39(45)28-10-14-30(43)15-11-28)24-37(42)38(48-40(46)29-12-16-31(44)17-13-29)25-33-35-19-18-34(27(4)9-7-8-26(2)3)41(35,5)22-21-36(33)42/h10-17,26-27,32-38H,6-9,18-25,43-44H2,1-5H3. The zero-order valence-electron chi connectivity index (χ0n) is 30.1. The van der Waals surface area contributed by atoms with Gasteiger partial charge in [0.25, 0.3) is 0 Å². The molecule has 2 aromatic carbocycles. The molecular formula is C42H60N2O4. The van der Waals surface area contributed by atoms with Gasteiger partial charge < -0.3 is 20.9 Å². The van der Waals surface area contributed by atoms with Crippen LogP contribution in [0.15, 0.2) is 48.5 Å². The average Bonchev–Trinajstić information content (AvgIpc) is 3.42. The van der Waals surface area contributed by atoms with Crippen LogP contribution < -0.4 is 11.5 Å². The van der Waals surface area contributed by atoms with Crippen molar-refractivity contribution in [1.82, 2.24) is 0 Å². The Hall–Kier alpha value is -3.02. The fraction of sp³-hybridized carbons (Fsp3) is 0.667. The van der Waals surface area contributed by atoms with Crippen molar-refractivity contribution < 1.29 is 19.1 Å². The van der Waals surface area contributed by atoms with Gasteiger partial charge in [-0.1, -0.05) is 53.9 Å². The van der Waals surface area contributed by atoms with Gasteiger partial charge in [-0.05, 0) is 153 Å². The van der Waals surface area contributed by atoms with E-state index in [1.165, 1.54) is 44.9 Å². The number of anilines is 2. The molecule has 10 unspecified atom stereocenters. The molecular weight excluding hydrogens is 596 g/mol. The van der Waals surface area contributed by atoms with Crippen LogP contribution in [0.3, 0.4) is 0 Å². The number of hydrogen-bond acceptors (Lipinski definition) is 6. The molecule has 6 nitrogen and oxygen atoms in total. The molecule has 2 aromatic rings. The second-order valence-corrected chi connectivity index (χ2v) is 16.8. The van der Waals surface area contributed by atoms with E-state index in [0.29, 0.717) is 45.7 Å². The van der Waals surface area contributed by atoms with Crippen LogP contribution >= 0.6 is 0 Å². The quantitative estimate of drug-likeness (QED) is 0.195. The molecule has 4 N–H and O–H groups in total. The van der Waals surface area contributed by atoms with E-state index >= 15 is 0 Å². The number of esters is 2. The number of hydrogen-bond donors (Lipinski definition) is 2. The van der Waals surface area contributed by atoms with Crippen LogP contribution in [0.4, 0.5) is 11.4 Å². The Labute approximate surface area is 289 Å². The zero-order chi connectivity index (χ0) is 34.2. The molecule has 0 radical (unpaired) electrons. The third kappa shape index (κ3) is 6.62. The van der Waals surface area contributed by atoms with E-state index < -0.39 is 0 Å². The SMILES string of the molecule is CCC12CCC(OC(=O)c3ccc(N)cc3)CC1C(OC(=O)c1ccc(N)cc1)CC1C3CCC(C(C)CCCC(C)C)C3(C)CCC12. The van der Waals surface area contributed by atoms with Gasteiger partial charge >= 0.3 is 11.9 Å². The Morgan fingerprint density at radius 1 is 0.771 bits per heavy atom. The molecule has 4 aliphatic rings. The fourth-order valence-corrected chi connectivity index (χ4v) is 11.6. The predicted molar refractivity (Wildman–Crippen MR) is 193 cm³/mol. The Balaban J connectivity index is 1.26. The van der Waals surface area contributed by atoms with Crippen LogP contribution in [-0.4, -0.2) is 24.1 Å². The summed E-state index contributed by atoms with van der Waals surface area (Å²) in [4.78, 5) is 27.0. The summed E-state index contributed by atoms with van der Waals surface area (Å²) in [6.07, 6.45) is 13.3. The summed E-state index contributed by atoms with van der Waals surface area (Å²) in [7, 11) is 0. The van der Waals surface area contributed by atoms with Crippen molar-refractivity contribution in [3.05, 3.63) is 59.7 Å². The van der Waals surface area contributed by atoms with E-state index in [0.717, 1.165) is 49.9 Å². The van der Waals surface area contributed by atoms with Crippen LogP contribution in [-0.2, 0) is 9.47 Å². The highest BCUT2D eigenvalue weighted by atomic mass is 16.6. The Morgan fingerprint density at radius 3 is 2.00 bits per heavy atom. The van der Waals surface area contributed by atoms with Gasteiger partial charge in [0.15, 0.2) is 0 Å². The Morgan fingerprint density at radius 2 is 1.40 bits per heavy atom. The average molecular weight is 657 g/mol. The first kappa shape index (κ1) is 34.8. The summed E-state index contributed by atoms with van der Waals surface area (Å²) in [5, 5.41) is 0. The number of carbonyl (C=O) groups is 2. The summed E-state index contributed by atoms with van der Waals surface area (Å²) in [6.45, 7) is 12.2. The molecule has 0 heterocycles. The van der Waals surface area contributed by atoms with Gasteiger partial charge in [0.2, 0.25) is 0 Å². The maximum Gasteiger partial charge on any atom is 0.338 e. The van der Waals surface area contributed by atoms with Crippen molar-refractivity contribution in [3.63, 3.8) is 0 Å². The third-order valence-corrected chi connectivity index (χ3v) is 14.0. The van der Waals surface area contributed by atoms with E-state index in [-0.39, 0.29) is 35.5 Å². The molecule has 10 atom stereocenters. The summed E-state index contributed by atoms with van der Waals surface area (Å²) < 4.78 is 12.8. The minimum atomic E-state index is -0.305. The van der Waals surface area contributed by atoms with E-state index in [4.69, 9.17) is 20.9 Å². The van der Waals surface area contributed by atoms with Crippen LogP contribution in [0.5, 0.6) is 0 Å². The van der Waals surface area contributed by atoms with E-state index in [1.54, 1.807) is 48.5 Å². The minimum Gasteiger partial charge on any atom is -0.459 e. The minimum absolute atomic E-state index is 0.0708. The molecule has 0 spiro atoms. The largest absolute Gasteiger partial charge is 0.459 e. The zero-order valence-corrected chi connectivity index (χ0v) is 30.1. The van der Waals surface area contributed by atoms with Gasteiger partial charge in [-0.3, -0.25) is 0 Å². The Bertz CT molecular complexity index is 1420. The molecule has 48 heavy (non-hydrogen) atoms. The first-order valence-electron chi connectivity index (χ1n) is 19.1. The maximum atomic E-state index is 13.7. The predicted octanol–water partition coefficient (Wildman–Crippen LogP) is 9.72. The van der Waals surface area contributed by atoms with Crippen molar-refractivity contribution >= 4 is 23.3 Å². The molecule has 6 heteroatoms. The first-order chi connectivity index (χ1) is 22.9. The number of benzene rings is 2. The normalized spacial score (nSPS) is 34.8. The number of ether oxygens (including phenoxy) is 2. The van der Waals surface area contributed by atoms with Crippen molar-refractivity contribution in [2.45, 2.75) is 124 Å². The molecule has 4 aliphatic carbocycles. The Kier molecular flexibility index (Phi) is 10.2. The van der Waals surface area contributed by atoms with Crippen LogP contribution in [0.25, 0.3) is 0 Å². The monoisotopic (exact) mass is 656 g/mol. The summed E-state index contributed by atoms with van der Waals surface area (Å²) in [6, 6.07) is 14.0. The summed E-state index contributed by atoms with van der Waals surface area (Å²) in [5.41, 5.74) is 14.5. The smallest absolute Gasteiger partial charge is 0.338 e. The van der Waals surface area contributed by atoms with E-state index in [9.17, 15) is 9.59 Å². The van der Waals surface area contributed by atoms with Crippen molar-refractivity contribution in [2.24, 2.45) is 52.3 Å². The molecule has 0 aliphatic heterocycles. The van der Waals surface area contributed by atoms with Crippen LogP contribution in [0.1, 0.15) is 132 Å². The second-order valence-electron chi connectivity index (χ2n) is 16.8. The van der Waals surface area contributed by atoms with Gasteiger partial charge in [-0.2, -0.15) is 0 Å². The third-order valence-electron chi connectivity index (χ3n) is 14.0. The number of fused-ring (bicyclic) bond motifs is 5. The van der Waals surface area contributed by atoms with Crippen LogP contribution in [0.2, 0.25) is 0 Å². The van der Waals surface area contributed by atoms with Crippen molar-refractivity contribution in [2.75, 3.05) is 11.5 Å². The van der Waals surface area contributed by atoms with Gasteiger partial charge in [0.05, 0.1) is 11.1 Å². The first-order valence-corrected chi connectivity index (χ1v) is 19.1. The molecule has 4 fully saturated rings. The lowest BCUT2D eigenvalue weighted by Gasteiger charge is -2.63. The molecule has 0 amide bonds. The topological polar surface area (TPSA) is 105 Å². The molecule has 0 saturated heterocycles. The number of rotatable bonds is 10. The molecule has 0 aromatic heterocycles. The second kappa shape index (κ2) is 14.1. The van der Waals surface area contributed by atoms with Gasteiger partial charge in [0, 0.05) is 17.3 Å². The highest BCUT2D eigenvalue weighted by Gasteiger charge is 2.64. The number of carbonyl (C=O) groups excluding carboxylic acids is 2. The van der Waals surface area contributed by atoms with Crippen molar-refractivity contribution in [1.29, 1.82) is 0 Å². The molecule has 4 saturated carbocycles. The fourth-order valence-electron chi connectivity index (χ4n) is 11.6. The molecule has 262 valence electrons. The highest BCUT2D eigenvalue weighted by Crippen LogP contribution is 2.69. The summed E-state index contributed by atoms with van der Waals surface area (Å²) >= 11 is 0. The maximum absolute atomic E-state index is 13.7. The lowest BCUT2D eigenvalue weighted by Crippen LogP contribution is -2.60. The van der Waals surface area contributed by atoms with Gasteiger partial charge in [0.1, 0.15) is 12.2 Å². The van der Waals surface area contributed by atoms with Crippen LogP contribution in [0, 0.1) is 52.3 Å². The van der Waals surface area contributed by atoms with E-state index in [2.05, 4.69) is 34.6 Å². The summed E-state index contributed by atoms with van der Waals surface area (Å²) in [5.74, 6) is 3.68. The molecule has 0 bridgehead atoms. The van der Waals surface area contributed by atoms with Gasteiger partial charge in [-0.25, -0.2) is 9.59 Å². The lowest BCUT2D eigenvalue weighted by atomic mass is 9.42. The lowest BCUT2D eigenvalue weighted by molar-refractivity contribution is -0.182. The number of nitrogens with two attached hydrogens (primary N) is 2. The van der Waals surface area contributed by atoms with Crippen molar-refractivity contribution in [3.8, 4) is 0 Å². The van der Waals surface area contributed by atoms with Gasteiger partial charge in [-0.15, -0.1) is 0 Å². The highest BCUT2D eigenvalue weighted by molar-refractivity contribution is 5.90.